The van der Waals surface area contributed by atoms with Crippen molar-refractivity contribution in [3.8, 4) is 0 Å². The zero-order chi connectivity index (χ0) is 16.6. The summed E-state index contributed by atoms with van der Waals surface area (Å²) in [5.41, 5.74) is 0.115. The van der Waals surface area contributed by atoms with E-state index in [9.17, 15) is 18.7 Å². The average molecular weight is 317 g/mol. The molecule has 0 bridgehead atoms. The van der Waals surface area contributed by atoms with Crippen LogP contribution in [0.1, 0.15) is 22.8 Å². The summed E-state index contributed by atoms with van der Waals surface area (Å²) < 4.78 is 29.9. The lowest BCUT2D eigenvalue weighted by atomic mass is 10.1. The van der Waals surface area contributed by atoms with Crippen molar-refractivity contribution in [1.82, 2.24) is 9.38 Å². The quantitative estimate of drug-likeness (QED) is 0.771. The van der Waals surface area contributed by atoms with Crippen molar-refractivity contribution in [2.75, 3.05) is 5.32 Å². The van der Waals surface area contributed by atoms with Crippen LogP contribution in [0.5, 0.6) is 0 Å². The molecule has 0 atom stereocenters. The van der Waals surface area contributed by atoms with Gasteiger partial charge < -0.3 is 14.8 Å². The van der Waals surface area contributed by atoms with E-state index in [1.807, 2.05) is 6.92 Å². The van der Waals surface area contributed by atoms with E-state index in [0.717, 1.165) is 5.56 Å². The number of pyridine rings is 1. The van der Waals surface area contributed by atoms with Crippen LogP contribution >= 0.6 is 0 Å². The maximum absolute atomic E-state index is 14.6. The summed E-state index contributed by atoms with van der Waals surface area (Å²) in [6, 6.07) is 4.47. The number of rotatable bonds is 4. The molecule has 0 aliphatic heterocycles. The number of aromatic nitrogens is 2. The fourth-order valence-electron chi connectivity index (χ4n) is 2.32. The van der Waals surface area contributed by atoms with Gasteiger partial charge in [0.05, 0.1) is 11.4 Å². The van der Waals surface area contributed by atoms with E-state index in [4.69, 9.17) is 0 Å². The van der Waals surface area contributed by atoms with Gasteiger partial charge in [-0.25, -0.2) is 18.6 Å². The molecule has 0 amide bonds. The van der Waals surface area contributed by atoms with Gasteiger partial charge in [-0.15, -0.1) is 0 Å². The molecule has 5 nitrogen and oxygen atoms in total. The Morgan fingerprint density at radius 1 is 1.39 bits per heavy atom. The molecule has 0 aliphatic rings. The van der Waals surface area contributed by atoms with Gasteiger partial charge in [-0.1, -0.05) is 13.0 Å². The monoisotopic (exact) mass is 317 g/mol. The van der Waals surface area contributed by atoms with Gasteiger partial charge in [0.15, 0.2) is 11.5 Å². The van der Waals surface area contributed by atoms with Gasteiger partial charge in [0.2, 0.25) is 0 Å². The fraction of sp³-hybridized carbons (Fsp3) is 0.125. The Bertz CT molecular complexity index is 906. The second-order valence-electron chi connectivity index (χ2n) is 4.99. The van der Waals surface area contributed by atoms with Crippen molar-refractivity contribution >= 4 is 23.0 Å². The number of halogens is 2. The zero-order valence-electron chi connectivity index (χ0n) is 12.2. The van der Waals surface area contributed by atoms with Gasteiger partial charge in [-0.2, -0.15) is 0 Å². The number of hydrogen-bond donors (Lipinski definition) is 2. The van der Waals surface area contributed by atoms with Crippen molar-refractivity contribution in [2.45, 2.75) is 13.3 Å². The van der Waals surface area contributed by atoms with Gasteiger partial charge >= 0.3 is 5.97 Å². The van der Waals surface area contributed by atoms with Crippen molar-refractivity contribution in [1.29, 1.82) is 0 Å². The third kappa shape index (κ3) is 2.61. The topological polar surface area (TPSA) is 66.6 Å². The number of carboxylic acids is 1. The van der Waals surface area contributed by atoms with Crippen LogP contribution < -0.4 is 5.32 Å². The summed E-state index contributed by atoms with van der Waals surface area (Å²) in [7, 11) is 0. The second-order valence-corrected chi connectivity index (χ2v) is 4.99. The molecule has 2 N–H and O–H groups in total. The van der Waals surface area contributed by atoms with Gasteiger partial charge in [0, 0.05) is 18.6 Å². The number of carbonyl (C=O) groups is 1. The van der Waals surface area contributed by atoms with Crippen LogP contribution in [0.4, 0.5) is 20.2 Å². The van der Waals surface area contributed by atoms with Crippen LogP contribution in [0.3, 0.4) is 0 Å². The summed E-state index contributed by atoms with van der Waals surface area (Å²) >= 11 is 0. The average Bonchev–Trinajstić information content (AvgIpc) is 3.00. The standard InChI is InChI=1S/C16H13F2N3O2/c1-2-9-3-4-12(11(17)7-9)20-14-10(16(22)23)8-21-6-5-19-15(21)13(14)18/h3-8,20H,2H2,1H3,(H,22,23). The number of fused-ring (bicyclic) bond motifs is 1. The smallest absolute Gasteiger partial charge is 0.339 e. The molecule has 3 rings (SSSR count). The first-order chi connectivity index (χ1) is 11.0. The van der Waals surface area contributed by atoms with E-state index < -0.39 is 17.6 Å². The maximum Gasteiger partial charge on any atom is 0.339 e. The minimum atomic E-state index is -1.33. The molecule has 0 saturated heterocycles. The first-order valence-corrected chi connectivity index (χ1v) is 6.95. The van der Waals surface area contributed by atoms with Crippen molar-refractivity contribution in [3.05, 3.63) is 59.6 Å². The van der Waals surface area contributed by atoms with E-state index in [1.54, 1.807) is 6.07 Å². The highest BCUT2D eigenvalue weighted by Gasteiger charge is 2.20. The van der Waals surface area contributed by atoms with E-state index in [0.29, 0.717) is 6.42 Å². The lowest BCUT2D eigenvalue weighted by Gasteiger charge is -2.13. The van der Waals surface area contributed by atoms with Crippen LogP contribution in [0.25, 0.3) is 5.65 Å². The SMILES string of the molecule is CCc1ccc(Nc2c(C(=O)O)cn3ccnc3c2F)c(F)c1. The molecular formula is C16H13F2N3O2. The predicted molar refractivity (Wildman–Crippen MR) is 81.2 cm³/mol. The Hall–Kier alpha value is -2.96. The molecule has 0 unspecified atom stereocenters. The number of carboxylic acid groups (broad SMARTS) is 1. The highest BCUT2D eigenvalue weighted by atomic mass is 19.1. The van der Waals surface area contributed by atoms with E-state index in [-0.39, 0.29) is 22.6 Å². The Balaban J connectivity index is 2.13. The van der Waals surface area contributed by atoms with Crippen molar-refractivity contribution < 1.29 is 18.7 Å². The number of nitrogens with one attached hydrogen (secondary N) is 1. The minimum Gasteiger partial charge on any atom is -0.478 e. The fourth-order valence-corrected chi connectivity index (χ4v) is 2.32. The van der Waals surface area contributed by atoms with Crippen molar-refractivity contribution in [3.63, 3.8) is 0 Å². The van der Waals surface area contributed by atoms with E-state index in [1.165, 1.54) is 35.1 Å². The molecule has 0 aliphatic carbocycles. The molecule has 2 heterocycles. The van der Waals surface area contributed by atoms with Gasteiger partial charge in [-0.3, -0.25) is 0 Å². The number of aryl methyl sites for hydroxylation is 1. The summed E-state index contributed by atoms with van der Waals surface area (Å²) in [6.45, 7) is 1.89. The molecule has 3 aromatic rings. The third-order valence-corrected chi connectivity index (χ3v) is 3.55. The first kappa shape index (κ1) is 15.0. The van der Waals surface area contributed by atoms with Gasteiger partial charge in [-0.05, 0) is 24.1 Å². The number of nitrogens with zero attached hydrogens (tertiary/aromatic N) is 2. The summed E-state index contributed by atoms with van der Waals surface area (Å²) in [6.07, 6.45) is 4.68. The number of imidazole rings is 1. The number of aromatic carboxylic acids is 1. The molecular weight excluding hydrogens is 304 g/mol. The lowest BCUT2D eigenvalue weighted by Crippen LogP contribution is -2.09. The number of benzene rings is 1. The van der Waals surface area contributed by atoms with Gasteiger partial charge in [0.25, 0.3) is 0 Å². The number of anilines is 2. The minimum absolute atomic E-state index is 0.000457. The van der Waals surface area contributed by atoms with Crippen molar-refractivity contribution in [2.24, 2.45) is 0 Å². The normalized spacial score (nSPS) is 10.9. The molecule has 23 heavy (non-hydrogen) atoms. The highest BCUT2D eigenvalue weighted by molar-refractivity contribution is 5.96. The van der Waals surface area contributed by atoms with E-state index >= 15 is 0 Å². The summed E-state index contributed by atoms with van der Waals surface area (Å²) in [5, 5.41) is 11.8. The molecule has 0 fully saturated rings. The zero-order valence-corrected chi connectivity index (χ0v) is 12.2. The van der Waals surface area contributed by atoms with Crippen LogP contribution in [0, 0.1) is 11.6 Å². The van der Waals surface area contributed by atoms with Crippen LogP contribution in [0.2, 0.25) is 0 Å². The summed E-state index contributed by atoms with van der Waals surface area (Å²) in [4.78, 5) is 15.2. The van der Waals surface area contributed by atoms with Crippen LogP contribution in [-0.2, 0) is 6.42 Å². The Morgan fingerprint density at radius 2 is 2.17 bits per heavy atom. The highest BCUT2D eigenvalue weighted by Crippen LogP contribution is 2.28. The third-order valence-electron chi connectivity index (χ3n) is 3.55. The summed E-state index contributed by atoms with van der Waals surface area (Å²) in [5.74, 6) is -2.76. The lowest BCUT2D eigenvalue weighted by molar-refractivity contribution is 0.0697. The Morgan fingerprint density at radius 3 is 2.83 bits per heavy atom. The molecule has 0 saturated carbocycles. The predicted octanol–water partition coefficient (Wildman–Crippen LogP) is 3.62. The molecule has 7 heteroatoms. The molecule has 0 spiro atoms. The Labute approximate surface area is 130 Å². The maximum atomic E-state index is 14.6. The molecule has 118 valence electrons. The molecule has 0 radical (unpaired) electrons. The Kier molecular flexibility index (Phi) is 3.69. The second kappa shape index (κ2) is 5.68. The number of hydrogen-bond acceptors (Lipinski definition) is 3. The molecule has 1 aromatic carbocycles. The first-order valence-electron chi connectivity index (χ1n) is 6.95. The largest absolute Gasteiger partial charge is 0.478 e. The van der Waals surface area contributed by atoms with Crippen LogP contribution in [0.15, 0.2) is 36.8 Å². The molecule has 2 aromatic heterocycles. The van der Waals surface area contributed by atoms with Crippen LogP contribution in [-0.4, -0.2) is 20.5 Å². The van der Waals surface area contributed by atoms with E-state index in [2.05, 4.69) is 10.3 Å². The van der Waals surface area contributed by atoms with Gasteiger partial charge in [0.1, 0.15) is 11.4 Å².